The molecule has 150 valence electrons. The average molecular weight is 387 g/mol. The maximum absolute atomic E-state index is 12.8. The fourth-order valence-corrected chi connectivity index (χ4v) is 3.61. The lowest BCUT2D eigenvalue weighted by molar-refractivity contribution is -0.121. The van der Waals surface area contributed by atoms with Crippen LogP contribution in [0.25, 0.3) is 0 Å². The van der Waals surface area contributed by atoms with E-state index in [4.69, 9.17) is 0 Å². The molecule has 0 radical (unpaired) electrons. The monoisotopic (exact) mass is 386 g/mol. The van der Waals surface area contributed by atoms with Crippen LogP contribution in [0.4, 0.5) is 0 Å². The van der Waals surface area contributed by atoms with Crippen LogP contribution >= 0.6 is 0 Å². The summed E-state index contributed by atoms with van der Waals surface area (Å²) in [6.07, 6.45) is 1.36. The highest BCUT2D eigenvalue weighted by atomic mass is 16.1. The summed E-state index contributed by atoms with van der Waals surface area (Å²) in [6, 6.07) is 31.2. The van der Waals surface area contributed by atoms with Crippen LogP contribution in [0, 0.1) is 0 Å². The molecule has 0 aliphatic carbocycles. The minimum Gasteiger partial charge on any atom is -0.354 e. The van der Waals surface area contributed by atoms with Gasteiger partial charge in [0.15, 0.2) is 0 Å². The Kier molecular flexibility index (Phi) is 7.60. The van der Waals surface area contributed by atoms with Gasteiger partial charge in [-0.2, -0.15) is 0 Å². The number of carbonyl (C=O) groups is 1. The molecule has 0 aliphatic heterocycles. The molecular weight excluding hydrogens is 356 g/mol. The zero-order valence-electron chi connectivity index (χ0n) is 17.3. The first-order valence-electron chi connectivity index (χ1n) is 10.2. The number of hydrogen-bond donors (Lipinski definition) is 1. The van der Waals surface area contributed by atoms with Gasteiger partial charge in [-0.3, -0.25) is 4.79 Å². The second-order valence-corrected chi connectivity index (χ2v) is 7.69. The first-order valence-corrected chi connectivity index (χ1v) is 10.2. The maximum atomic E-state index is 12.8. The van der Waals surface area contributed by atoms with Crippen LogP contribution in [-0.4, -0.2) is 37.5 Å². The third-order valence-electron chi connectivity index (χ3n) is 5.37. The van der Waals surface area contributed by atoms with E-state index in [9.17, 15) is 4.79 Å². The zero-order valence-corrected chi connectivity index (χ0v) is 17.3. The summed E-state index contributed by atoms with van der Waals surface area (Å²) < 4.78 is 0. The highest BCUT2D eigenvalue weighted by molar-refractivity contribution is 5.77. The van der Waals surface area contributed by atoms with E-state index in [0.717, 1.165) is 6.42 Å². The molecule has 0 spiro atoms. The molecule has 0 saturated carbocycles. The highest BCUT2D eigenvalue weighted by Gasteiger charge is 2.19. The minimum absolute atomic E-state index is 0.0596. The normalized spacial score (nSPS) is 12.1. The fourth-order valence-electron chi connectivity index (χ4n) is 3.61. The number of carbonyl (C=O) groups excluding carboxylic acids is 1. The van der Waals surface area contributed by atoms with Crippen molar-refractivity contribution >= 4 is 5.91 Å². The maximum Gasteiger partial charge on any atom is 0.221 e. The van der Waals surface area contributed by atoms with Crippen molar-refractivity contribution in [1.29, 1.82) is 0 Å². The van der Waals surface area contributed by atoms with E-state index in [1.165, 1.54) is 16.7 Å². The minimum atomic E-state index is 0.0596. The number of amides is 1. The molecule has 1 unspecified atom stereocenters. The third kappa shape index (κ3) is 6.30. The molecule has 1 atom stereocenters. The summed E-state index contributed by atoms with van der Waals surface area (Å²) >= 11 is 0. The number of nitrogens with zero attached hydrogens (tertiary/aromatic N) is 1. The van der Waals surface area contributed by atoms with Crippen molar-refractivity contribution < 1.29 is 4.79 Å². The summed E-state index contributed by atoms with van der Waals surface area (Å²) in [5.41, 5.74) is 3.62. The highest BCUT2D eigenvalue weighted by Crippen LogP contribution is 2.27. The zero-order chi connectivity index (χ0) is 20.5. The molecular formula is C26H30N2O. The van der Waals surface area contributed by atoms with Crippen molar-refractivity contribution in [3.63, 3.8) is 0 Å². The van der Waals surface area contributed by atoms with E-state index in [-0.39, 0.29) is 17.9 Å². The van der Waals surface area contributed by atoms with Crippen molar-refractivity contribution in [1.82, 2.24) is 10.2 Å². The van der Waals surface area contributed by atoms with Gasteiger partial charge in [0, 0.05) is 24.9 Å². The van der Waals surface area contributed by atoms with Gasteiger partial charge in [-0.1, -0.05) is 91.0 Å². The molecule has 1 amide bonds. The Hall–Kier alpha value is -2.91. The summed E-state index contributed by atoms with van der Waals surface area (Å²) in [7, 11) is 4.13. The van der Waals surface area contributed by atoms with Crippen LogP contribution in [0.5, 0.6) is 0 Å². The molecule has 29 heavy (non-hydrogen) atoms. The molecule has 0 bridgehead atoms. The van der Waals surface area contributed by atoms with Gasteiger partial charge >= 0.3 is 0 Å². The number of likely N-dealkylation sites (N-methyl/N-ethyl adjacent to an activating group) is 1. The van der Waals surface area contributed by atoms with Crippen molar-refractivity contribution in [3.05, 3.63) is 108 Å². The van der Waals surface area contributed by atoms with Crippen molar-refractivity contribution in [2.75, 3.05) is 20.6 Å². The summed E-state index contributed by atoms with van der Waals surface area (Å²) in [5.74, 6) is 0.145. The molecule has 1 N–H and O–H groups in total. The van der Waals surface area contributed by atoms with Crippen LogP contribution in [0.2, 0.25) is 0 Å². The van der Waals surface area contributed by atoms with Crippen LogP contribution in [-0.2, 0) is 11.2 Å². The van der Waals surface area contributed by atoms with E-state index < -0.39 is 0 Å². The Balaban J connectivity index is 1.65. The Morgan fingerprint density at radius 3 is 1.76 bits per heavy atom. The molecule has 0 aliphatic rings. The quantitative estimate of drug-likeness (QED) is 0.587. The second kappa shape index (κ2) is 10.6. The molecule has 3 heteroatoms. The van der Waals surface area contributed by atoms with Crippen molar-refractivity contribution in [3.8, 4) is 0 Å². The van der Waals surface area contributed by atoms with Crippen LogP contribution < -0.4 is 5.32 Å². The third-order valence-corrected chi connectivity index (χ3v) is 5.37. The lowest BCUT2D eigenvalue weighted by atomic mass is 9.88. The molecule has 0 fully saturated rings. The molecule has 0 heterocycles. The van der Waals surface area contributed by atoms with Gasteiger partial charge in [-0.25, -0.2) is 0 Å². The predicted octanol–water partition coefficient (Wildman–Crippen LogP) is 4.50. The Labute approximate surface area is 174 Å². The largest absolute Gasteiger partial charge is 0.354 e. The average Bonchev–Trinajstić information content (AvgIpc) is 2.76. The lowest BCUT2D eigenvalue weighted by Crippen LogP contribution is -2.41. The molecule has 3 rings (SSSR count). The first-order chi connectivity index (χ1) is 14.1. The van der Waals surface area contributed by atoms with Gasteiger partial charge in [0.05, 0.1) is 0 Å². The number of hydrogen-bond acceptors (Lipinski definition) is 2. The summed E-state index contributed by atoms with van der Waals surface area (Å²) in [5, 5.41) is 3.17. The predicted molar refractivity (Wildman–Crippen MR) is 120 cm³/mol. The van der Waals surface area contributed by atoms with E-state index in [1.807, 2.05) is 42.5 Å². The van der Waals surface area contributed by atoms with Crippen LogP contribution in [0.1, 0.15) is 29.0 Å². The van der Waals surface area contributed by atoms with Crippen molar-refractivity contribution in [2.45, 2.75) is 24.8 Å². The van der Waals surface area contributed by atoms with Gasteiger partial charge in [0.1, 0.15) is 0 Å². The Morgan fingerprint density at radius 2 is 1.28 bits per heavy atom. The van der Waals surface area contributed by atoms with Gasteiger partial charge in [-0.15, -0.1) is 0 Å². The fraction of sp³-hybridized carbons (Fsp3) is 0.269. The van der Waals surface area contributed by atoms with Gasteiger partial charge in [0.25, 0.3) is 0 Å². The topological polar surface area (TPSA) is 32.3 Å². The van der Waals surface area contributed by atoms with E-state index >= 15 is 0 Å². The van der Waals surface area contributed by atoms with Crippen LogP contribution in [0.15, 0.2) is 91.0 Å². The summed E-state index contributed by atoms with van der Waals surface area (Å²) in [6.45, 7) is 0.636. The summed E-state index contributed by atoms with van der Waals surface area (Å²) in [4.78, 5) is 15.0. The van der Waals surface area contributed by atoms with Gasteiger partial charge in [0.2, 0.25) is 5.91 Å². The van der Waals surface area contributed by atoms with Gasteiger partial charge in [-0.05, 0) is 37.2 Å². The number of rotatable bonds is 9. The van der Waals surface area contributed by atoms with Crippen molar-refractivity contribution in [2.24, 2.45) is 0 Å². The standard InChI is InChI=1S/C26H30N2O/c1-28(2)24(18-21-12-6-3-7-13-21)20-27-26(29)19-25(22-14-8-4-9-15-22)23-16-10-5-11-17-23/h3-17,24-25H,18-20H2,1-2H3,(H,27,29). The lowest BCUT2D eigenvalue weighted by Gasteiger charge is -2.25. The van der Waals surface area contributed by atoms with Gasteiger partial charge < -0.3 is 10.2 Å². The first kappa shape index (κ1) is 20.8. The smallest absolute Gasteiger partial charge is 0.221 e. The second-order valence-electron chi connectivity index (χ2n) is 7.69. The van der Waals surface area contributed by atoms with Crippen LogP contribution in [0.3, 0.4) is 0 Å². The van der Waals surface area contributed by atoms with E-state index in [1.54, 1.807) is 0 Å². The molecule has 3 nitrogen and oxygen atoms in total. The molecule has 3 aromatic rings. The molecule has 0 aromatic heterocycles. The van der Waals surface area contributed by atoms with E-state index in [2.05, 4.69) is 72.8 Å². The number of nitrogens with one attached hydrogen (secondary N) is 1. The SMILES string of the molecule is CN(C)C(CNC(=O)CC(c1ccccc1)c1ccccc1)Cc1ccccc1. The Bertz CT molecular complexity index is 823. The van der Waals surface area contributed by atoms with E-state index in [0.29, 0.717) is 13.0 Å². The molecule has 3 aromatic carbocycles. The number of benzene rings is 3. The Morgan fingerprint density at radius 1 is 0.793 bits per heavy atom. The molecule has 0 saturated heterocycles.